The molecule has 0 saturated heterocycles. The number of halogens is 1. The van der Waals surface area contributed by atoms with E-state index in [1.165, 1.54) is 17.7 Å². The van der Waals surface area contributed by atoms with Gasteiger partial charge in [-0.2, -0.15) is 0 Å². The zero-order valence-electron chi connectivity index (χ0n) is 10.1. The lowest BCUT2D eigenvalue weighted by Crippen LogP contribution is -1.90. The third kappa shape index (κ3) is 2.64. The van der Waals surface area contributed by atoms with Crippen LogP contribution in [-0.4, -0.2) is 0 Å². The highest BCUT2D eigenvalue weighted by atomic mass is 19.1. The second-order valence-corrected chi connectivity index (χ2v) is 4.55. The number of nitrogens with two attached hydrogens (primary N) is 1. The van der Waals surface area contributed by atoms with Crippen LogP contribution < -0.4 is 5.73 Å². The molecule has 1 nitrogen and oxygen atoms in total. The average Bonchev–Trinajstić information content (AvgIpc) is 2.28. The fourth-order valence-electron chi connectivity index (χ4n) is 1.86. The molecule has 0 aromatic heterocycles. The first kappa shape index (κ1) is 11.6. The molecule has 2 aromatic carbocycles. The van der Waals surface area contributed by atoms with Crippen molar-refractivity contribution in [3.8, 4) is 11.1 Å². The van der Waals surface area contributed by atoms with E-state index in [9.17, 15) is 4.39 Å². The number of rotatable bonds is 2. The smallest absolute Gasteiger partial charge is 0.125 e. The van der Waals surface area contributed by atoms with Crippen molar-refractivity contribution in [2.75, 3.05) is 5.73 Å². The molecule has 0 unspecified atom stereocenters. The first-order valence-electron chi connectivity index (χ1n) is 5.72. The van der Waals surface area contributed by atoms with Gasteiger partial charge in [-0.25, -0.2) is 4.39 Å². The van der Waals surface area contributed by atoms with Crippen molar-refractivity contribution in [2.24, 2.45) is 0 Å². The Balaban J connectivity index is 2.49. The molecule has 2 rings (SSSR count). The van der Waals surface area contributed by atoms with Gasteiger partial charge in [0.2, 0.25) is 0 Å². The summed E-state index contributed by atoms with van der Waals surface area (Å²) in [5, 5.41) is 0. The number of benzene rings is 2. The number of nitrogen functional groups attached to an aromatic ring is 1. The average molecular weight is 229 g/mol. The van der Waals surface area contributed by atoms with Crippen LogP contribution in [0.15, 0.2) is 42.5 Å². The predicted molar refractivity (Wildman–Crippen MR) is 70.3 cm³/mol. The summed E-state index contributed by atoms with van der Waals surface area (Å²) in [6, 6.07) is 12.8. The largest absolute Gasteiger partial charge is 0.399 e. The van der Waals surface area contributed by atoms with Crippen molar-refractivity contribution in [2.45, 2.75) is 19.8 Å². The topological polar surface area (TPSA) is 26.0 Å². The van der Waals surface area contributed by atoms with Crippen LogP contribution in [-0.2, 0) is 0 Å². The van der Waals surface area contributed by atoms with Crippen molar-refractivity contribution in [1.82, 2.24) is 0 Å². The summed E-state index contributed by atoms with van der Waals surface area (Å²) < 4.78 is 13.3. The van der Waals surface area contributed by atoms with Gasteiger partial charge in [0.25, 0.3) is 0 Å². The highest BCUT2D eigenvalue weighted by Crippen LogP contribution is 2.26. The zero-order chi connectivity index (χ0) is 12.4. The maximum atomic E-state index is 13.3. The van der Waals surface area contributed by atoms with Gasteiger partial charge >= 0.3 is 0 Å². The summed E-state index contributed by atoms with van der Waals surface area (Å²) in [5.41, 5.74) is 9.18. The van der Waals surface area contributed by atoms with E-state index < -0.39 is 0 Å². The van der Waals surface area contributed by atoms with Gasteiger partial charge < -0.3 is 5.73 Å². The molecule has 17 heavy (non-hydrogen) atoms. The van der Waals surface area contributed by atoms with E-state index in [0.717, 1.165) is 11.1 Å². The first-order chi connectivity index (χ1) is 8.06. The lowest BCUT2D eigenvalue weighted by molar-refractivity contribution is 0.629. The molecule has 0 fully saturated rings. The van der Waals surface area contributed by atoms with Gasteiger partial charge in [-0.05, 0) is 40.8 Å². The Morgan fingerprint density at radius 2 is 1.76 bits per heavy atom. The molecule has 88 valence electrons. The second-order valence-electron chi connectivity index (χ2n) is 4.55. The van der Waals surface area contributed by atoms with Crippen LogP contribution >= 0.6 is 0 Å². The van der Waals surface area contributed by atoms with Crippen molar-refractivity contribution >= 4 is 5.69 Å². The van der Waals surface area contributed by atoms with Crippen molar-refractivity contribution in [3.05, 3.63) is 53.8 Å². The standard InChI is InChI=1S/C15H16FN/c1-10(2)11-4-3-5-12(6-11)13-7-14(16)9-15(17)8-13/h3-10H,17H2,1-2H3. The minimum atomic E-state index is -0.296. The van der Waals surface area contributed by atoms with E-state index >= 15 is 0 Å². The summed E-state index contributed by atoms with van der Waals surface area (Å²) >= 11 is 0. The second kappa shape index (κ2) is 4.58. The van der Waals surface area contributed by atoms with Gasteiger partial charge in [-0.3, -0.25) is 0 Å². The molecule has 0 aliphatic heterocycles. The molecular formula is C15H16FN. The molecule has 0 radical (unpaired) electrons. The number of hydrogen-bond donors (Lipinski definition) is 1. The molecule has 0 aliphatic rings. The molecule has 0 amide bonds. The van der Waals surface area contributed by atoms with Gasteiger partial charge in [0.15, 0.2) is 0 Å². The van der Waals surface area contributed by atoms with Gasteiger partial charge in [0.05, 0.1) is 0 Å². The van der Waals surface area contributed by atoms with E-state index in [0.29, 0.717) is 11.6 Å². The van der Waals surface area contributed by atoms with E-state index in [1.54, 1.807) is 6.07 Å². The summed E-state index contributed by atoms with van der Waals surface area (Å²) in [5.74, 6) is 0.163. The van der Waals surface area contributed by atoms with Crippen molar-refractivity contribution < 1.29 is 4.39 Å². The SMILES string of the molecule is CC(C)c1cccc(-c2cc(N)cc(F)c2)c1. The van der Waals surface area contributed by atoms with Crippen LogP contribution in [0.1, 0.15) is 25.3 Å². The third-order valence-corrected chi connectivity index (χ3v) is 2.81. The molecule has 0 atom stereocenters. The van der Waals surface area contributed by atoms with Crippen LogP contribution in [0.2, 0.25) is 0 Å². The van der Waals surface area contributed by atoms with E-state index in [1.807, 2.05) is 12.1 Å². The highest BCUT2D eigenvalue weighted by molar-refractivity contribution is 5.68. The molecule has 0 spiro atoms. The Kier molecular flexibility index (Phi) is 3.14. The van der Waals surface area contributed by atoms with Gasteiger partial charge in [0.1, 0.15) is 5.82 Å². The maximum Gasteiger partial charge on any atom is 0.125 e. The van der Waals surface area contributed by atoms with Gasteiger partial charge in [-0.15, -0.1) is 0 Å². The zero-order valence-corrected chi connectivity index (χ0v) is 10.1. The van der Waals surface area contributed by atoms with Crippen LogP contribution in [0.3, 0.4) is 0 Å². The fourth-order valence-corrected chi connectivity index (χ4v) is 1.86. The van der Waals surface area contributed by atoms with Crippen molar-refractivity contribution in [3.63, 3.8) is 0 Å². The molecule has 2 aromatic rings. The predicted octanol–water partition coefficient (Wildman–Crippen LogP) is 4.20. The maximum absolute atomic E-state index is 13.3. The Bertz CT molecular complexity index is 512. The molecule has 2 heteroatoms. The lowest BCUT2D eigenvalue weighted by Gasteiger charge is -2.09. The normalized spacial score (nSPS) is 10.8. The van der Waals surface area contributed by atoms with E-state index in [-0.39, 0.29) is 5.82 Å². The minimum Gasteiger partial charge on any atom is -0.399 e. The fraction of sp³-hybridized carbons (Fsp3) is 0.200. The van der Waals surface area contributed by atoms with Crippen LogP contribution in [0.4, 0.5) is 10.1 Å². The first-order valence-corrected chi connectivity index (χ1v) is 5.72. The Hall–Kier alpha value is -1.83. The van der Waals surface area contributed by atoms with Crippen LogP contribution in [0.5, 0.6) is 0 Å². The number of hydrogen-bond acceptors (Lipinski definition) is 1. The Morgan fingerprint density at radius 3 is 2.41 bits per heavy atom. The lowest BCUT2D eigenvalue weighted by atomic mass is 9.97. The minimum absolute atomic E-state index is 0.296. The Labute approximate surface area is 101 Å². The highest BCUT2D eigenvalue weighted by Gasteiger charge is 2.04. The molecule has 2 N–H and O–H groups in total. The molecule has 0 heterocycles. The summed E-state index contributed by atoms with van der Waals surface area (Å²) in [7, 11) is 0. The van der Waals surface area contributed by atoms with E-state index in [4.69, 9.17) is 5.73 Å². The van der Waals surface area contributed by atoms with Crippen LogP contribution in [0, 0.1) is 5.82 Å². The summed E-state index contributed by atoms with van der Waals surface area (Å²) in [6.45, 7) is 4.28. The summed E-state index contributed by atoms with van der Waals surface area (Å²) in [4.78, 5) is 0. The third-order valence-electron chi connectivity index (χ3n) is 2.81. The van der Waals surface area contributed by atoms with Crippen molar-refractivity contribution in [1.29, 1.82) is 0 Å². The van der Waals surface area contributed by atoms with Gasteiger partial charge in [0, 0.05) is 5.69 Å². The monoisotopic (exact) mass is 229 g/mol. The molecular weight excluding hydrogens is 213 g/mol. The number of anilines is 1. The van der Waals surface area contributed by atoms with Gasteiger partial charge in [-0.1, -0.05) is 38.1 Å². The van der Waals surface area contributed by atoms with Crippen LogP contribution in [0.25, 0.3) is 11.1 Å². The summed E-state index contributed by atoms with van der Waals surface area (Å²) in [6.07, 6.45) is 0. The Morgan fingerprint density at radius 1 is 1.00 bits per heavy atom. The quantitative estimate of drug-likeness (QED) is 0.767. The molecule has 0 aliphatic carbocycles. The molecule has 0 bridgehead atoms. The van der Waals surface area contributed by atoms with E-state index in [2.05, 4.69) is 26.0 Å². The molecule has 0 saturated carbocycles.